The van der Waals surface area contributed by atoms with Crippen molar-refractivity contribution >= 4 is 5.97 Å². The van der Waals surface area contributed by atoms with Crippen LogP contribution < -0.4 is 0 Å². The van der Waals surface area contributed by atoms with Gasteiger partial charge < -0.3 is 5.11 Å². The highest BCUT2D eigenvalue weighted by Crippen LogP contribution is 2.24. The fraction of sp³-hybridized carbons (Fsp3) is 0.692. The van der Waals surface area contributed by atoms with E-state index in [1.165, 1.54) is 5.69 Å². The van der Waals surface area contributed by atoms with Crippen molar-refractivity contribution in [2.45, 2.75) is 33.9 Å². The van der Waals surface area contributed by atoms with Crippen LogP contribution >= 0.6 is 0 Å². The van der Waals surface area contributed by atoms with Gasteiger partial charge >= 0.3 is 5.97 Å². The molecule has 1 aliphatic rings. The lowest BCUT2D eigenvalue weighted by Gasteiger charge is -2.15. The molecule has 1 fully saturated rings. The Morgan fingerprint density at radius 3 is 2.83 bits per heavy atom. The van der Waals surface area contributed by atoms with E-state index < -0.39 is 5.97 Å². The SMILES string of the molecule is CCn1nc(C)cc1CN1C[C@@H](C)[C@H](C(=O)O)C1. The van der Waals surface area contributed by atoms with Gasteiger partial charge in [-0.25, -0.2) is 0 Å². The minimum absolute atomic E-state index is 0.224. The van der Waals surface area contributed by atoms with E-state index in [4.69, 9.17) is 5.11 Å². The van der Waals surface area contributed by atoms with Gasteiger partial charge in [-0.15, -0.1) is 0 Å². The third-order valence-corrected chi connectivity index (χ3v) is 3.68. The molecule has 0 spiro atoms. The van der Waals surface area contributed by atoms with Crippen LogP contribution in [-0.2, 0) is 17.9 Å². The van der Waals surface area contributed by atoms with Gasteiger partial charge in [0.05, 0.1) is 17.3 Å². The third kappa shape index (κ3) is 2.56. The average Bonchev–Trinajstić information content (AvgIpc) is 2.82. The minimum Gasteiger partial charge on any atom is -0.481 e. The number of carbonyl (C=O) groups is 1. The second-order valence-corrected chi connectivity index (χ2v) is 5.21. The molecule has 1 aromatic rings. The number of carboxylic acids is 1. The first kappa shape index (κ1) is 13.1. The van der Waals surface area contributed by atoms with Gasteiger partial charge in [0.1, 0.15) is 0 Å². The number of rotatable bonds is 4. The van der Waals surface area contributed by atoms with Gasteiger partial charge in [-0.3, -0.25) is 14.4 Å². The summed E-state index contributed by atoms with van der Waals surface area (Å²) >= 11 is 0. The normalized spacial score (nSPS) is 24.6. The molecule has 0 aliphatic carbocycles. The molecule has 100 valence electrons. The maximum Gasteiger partial charge on any atom is 0.308 e. The summed E-state index contributed by atoms with van der Waals surface area (Å²) in [6, 6.07) is 2.09. The Kier molecular flexibility index (Phi) is 3.71. The predicted molar refractivity (Wildman–Crippen MR) is 68.2 cm³/mol. The first-order chi connectivity index (χ1) is 8.51. The van der Waals surface area contributed by atoms with E-state index in [2.05, 4.69) is 23.0 Å². The summed E-state index contributed by atoms with van der Waals surface area (Å²) in [7, 11) is 0. The number of aryl methyl sites for hydroxylation is 2. The number of carboxylic acid groups (broad SMARTS) is 1. The molecule has 0 saturated carbocycles. The van der Waals surface area contributed by atoms with E-state index in [-0.39, 0.29) is 11.8 Å². The fourth-order valence-electron chi connectivity index (χ4n) is 2.75. The van der Waals surface area contributed by atoms with Crippen molar-refractivity contribution in [3.8, 4) is 0 Å². The van der Waals surface area contributed by atoms with Crippen LogP contribution in [0.2, 0.25) is 0 Å². The molecule has 1 saturated heterocycles. The second-order valence-electron chi connectivity index (χ2n) is 5.21. The summed E-state index contributed by atoms with van der Waals surface area (Å²) in [5.41, 5.74) is 2.20. The van der Waals surface area contributed by atoms with Gasteiger partial charge in [0.2, 0.25) is 0 Å². The van der Waals surface area contributed by atoms with Crippen LogP contribution in [0.4, 0.5) is 0 Å². The van der Waals surface area contributed by atoms with E-state index in [9.17, 15) is 4.79 Å². The number of hydrogen-bond acceptors (Lipinski definition) is 3. The van der Waals surface area contributed by atoms with Crippen LogP contribution in [0.15, 0.2) is 6.07 Å². The molecule has 0 radical (unpaired) electrons. The van der Waals surface area contributed by atoms with Gasteiger partial charge in [0, 0.05) is 26.2 Å². The van der Waals surface area contributed by atoms with Gasteiger partial charge in [-0.1, -0.05) is 6.92 Å². The lowest BCUT2D eigenvalue weighted by atomic mass is 9.99. The zero-order valence-corrected chi connectivity index (χ0v) is 11.3. The van der Waals surface area contributed by atoms with Gasteiger partial charge in [-0.05, 0) is 25.8 Å². The van der Waals surface area contributed by atoms with Crippen LogP contribution in [-0.4, -0.2) is 38.8 Å². The highest BCUT2D eigenvalue weighted by atomic mass is 16.4. The zero-order chi connectivity index (χ0) is 13.3. The molecule has 0 bridgehead atoms. The monoisotopic (exact) mass is 251 g/mol. The van der Waals surface area contributed by atoms with Crippen molar-refractivity contribution in [3.05, 3.63) is 17.5 Å². The molecule has 2 rings (SSSR count). The van der Waals surface area contributed by atoms with Gasteiger partial charge in [0.25, 0.3) is 0 Å². The first-order valence-electron chi connectivity index (χ1n) is 6.49. The molecule has 5 nitrogen and oxygen atoms in total. The van der Waals surface area contributed by atoms with E-state index in [1.807, 2.05) is 18.5 Å². The lowest BCUT2D eigenvalue weighted by molar-refractivity contribution is -0.142. The van der Waals surface area contributed by atoms with Gasteiger partial charge in [0.15, 0.2) is 0 Å². The van der Waals surface area contributed by atoms with Crippen LogP contribution in [0.25, 0.3) is 0 Å². The van der Waals surface area contributed by atoms with Crippen molar-refractivity contribution in [2.75, 3.05) is 13.1 Å². The molecule has 0 unspecified atom stereocenters. The van der Waals surface area contributed by atoms with E-state index >= 15 is 0 Å². The Bertz CT molecular complexity index is 441. The molecule has 18 heavy (non-hydrogen) atoms. The molecule has 1 aliphatic heterocycles. The predicted octanol–water partition coefficient (Wildman–Crippen LogP) is 1.36. The zero-order valence-electron chi connectivity index (χ0n) is 11.3. The highest BCUT2D eigenvalue weighted by Gasteiger charge is 2.34. The summed E-state index contributed by atoms with van der Waals surface area (Å²) in [6.07, 6.45) is 0. The van der Waals surface area contributed by atoms with Crippen LogP contribution in [0, 0.1) is 18.8 Å². The van der Waals surface area contributed by atoms with Crippen LogP contribution in [0.1, 0.15) is 25.2 Å². The number of nitrogens with zero attached hydrogens (tertiary/aromatic N) is 3. The van der Waals surface area contributed by atoms with Crippen molar-refractivity contribution in [3.63, 3.8) is 0 Å². The van der Waals surface area contributed by atoms with Crippen molar-refractivity contribution in [2.24, 2.45) is 11.8 Å². The second kappa shape index (κ2) is 5.10. The summed E-state index contributed by atoms with van der Waals surface area (Å²) in [5.74, 6) is -0.684. The van der Waals surface area contributed by atoms with E-state index in [0.717, 1.165) is 25.3 Å². The van der Waals surface area contributed by atoms with Crippen molar-refractivity contribution < 1.29 is 9.90 Å². The van der Waals surface area contributed by atoms with Gasteiger partial charge in [-0.2, -0.15) is 5.10 Å². The molecule has 2 heterocycles. The molecular weight excluding hydrogens is 230 g/mol. The maximum atomic E-state index is 11.1. The summed E-state index contributed by atoms with van der Waals surface area (Å²) in [6.45, 7) is 9.22. The molecular formula is C13H21N3O2. The van der Waals surface area contributed by atoms with Crippen LogP contribution in [0.3, 0.4) is 0 Å². The van der Waals surface area contributed by atoms with Crippen molar-refractivity contribution in [1.29, 1.82) is 0 Å². The summed E-state index contributed by atoms with van der Waals surface area (Å²) in [5, 5.41) is 13.5. The average molecular weight is 251 g/mol. The number of aliphatic carboxylic acids is 1. The topological polar surface area (TPSA) is 58.4 Å². The molecule has 1 N–H and O–H groups in total. The Morgan fingerprint density at radius 2 is 2.28 bits per heavy atom. The van der Waals surface area contributed by atoms with E-state index in [0.29, 0.717) is 6.54 Å². The Hall–Kier alpha value is -1.36. The standard InChI is InChI=1S/C13H21N3O2/c1-4-16-11(5-10(3)14-16)7-15-6-9(2)12(8-15)13(17)18/h5,9,12H,4,6-8H2,1-3H3,(H,17,18)/t9-,12-/m1/s1. The third-order valence-electron chi connectivity index (χ3n) is 3.68. The Labute approximate surface area is 107 Å². The van der Waals surface area contributed by atoms with E-state index in [1.54, 1.807) is 0 Å². The maximum absolute atomic E-state index is 11.1. The lowest BCUT2D eigenvalue weighted by Crippen LogP contribution is -2.24. The van der Waals surface area contributed by atoms with Crippen LogP contribution in [0.5, 0.6) is 0 Å². The minimum atomic E-state index is -0.676. The number of aromatic nitrogens is 2. The molecule has 5 heteroatoms. The summed E-state index contributed by atoms with van der Waals surface area (Å²) in [4.78, 5) is 13.3. The molecule has 0 amide bonds. The largest absolute Gasteiger partial charge is 0.481 e. The molecule has 1 aromatic heterocycles. The van der Waals surface area contributed by atoms with Crippen molar-refractivity contribution in [1.82, 2.24) is 14.7 Å². The molecule has 0 aromatic carbocycles. The Balaban J connectivity index is 2.04. The Morgan fingerprint density at radius 1 is 1.56 bits per heavy atom. The fourth-order valence-corrected chi connectivity index (χ4v) is 2.75. The first-order valence-corrected chi connectivity index (χ1v) is 6.49. The number of hydrogen-bond donors (Lipinski definition) is 1. The smallest absolute Gasteiger partial charge is 0.308 e. The highest BCUT2D eigenvalue weighted by molar-refractivity contribution is 5.71. The number of likely N-dealkylation sites (tertiary alicyclic amines) is 1. The molecule has 2 atom stereocenters. The summed E-state index contributed by atoms with van der Waals surface area (Å²) < 4.78 is 1.99. The quantitative estimate of drug-likeness (QED) is 0.878.